The standard InChI is InChI=1S/C24H39N3O3Si3/c1-18(17-33(9,29-31(3,4)5)30-32(6,7)8)16-20-15-14-19(2)23(24(20)28)27-25-21-12-10-11-13-22(21)26-27/h10-15,18,28H,16-17H2,1-9H3. The predicted molar refractivity (Wildman–Crippen MR) is 143 cm³/mol. The van der Waals surface area contributed by atoms with Crippen molar-refractivity contribution in [3.8, 4) is 11.4 Å². The minimum atomic E-state index is -2.35. The van der Waals surface area contributed by atoms with E-state index in [1.54, 1.807) is 4.80 Å². The molecule has 0 amide bonds. The molecule has 0 radical (unpaired) electrons. The number of fused-ring (bicyclic) bond motifs is 1. The van der Waals surface area contributed by atoms with Gasteiger partial charge in [0.15, 0.2) is 16.6 Å². The summed E-state index contributed by atoms with van der Waals surface area (Å²) in [6.07, 6.45) is 0.743. The molecular formula is C24H39N3O3Si3. The van der Waals surface area contributed by atoms with Crippen LogP contribution in [0.4, 0.5) is 0 Å². The highest BCUT2D eigenvalue weighted by Gasteiger charge is 2.41. The average Bonchev–Trinajstić information content (AvgIpc) is 3.04. The van der Waals surface area contributed by atoms with E-state index in [0.717, 1.165) is 34.6 Å². The third kappa shape index (κ3) is 6.86. The number of hydrogen-bond donors (Lipinski definition) is 1. The summed E-state index contributed by atoms with van der Waals surface area (Å²) in [6, 6.07) is 12.7. The molecule has 1 heterocycles. The Morgan fingerprint density at radius 1 is 0.879 bits per heavy atom. The van der Waals surface area contributed by atoms with E-state index >= 15 is 0 Å². The molecule has 3 aromatic rings. The zero-order valence-electron chi connectivity index (χ0n) is 21.6. The van der Waals surface area contributed by atoms with Crippen molar-refractivity contribution in [1.82, 2.24) is 15.0 Å². The highest BCUT2D eigenvalue weighted by molar-refractivity contribution is 6.87. The van der Waals surface area contributed by atoms with Gasteiger partial charge in [-0.25, -0.2) is 0 Å². The maximum absolute atomic E-state index is 11.2. The van der Waals surface area contributed by atoms with E-state index in [1.165, 1.54) is 0 Å². The van der Waals surface area contributed by atoms with Crippen LogP contribution in [0.2, 0.25) is 51.9 Å². The Hall–Kier alpha value is -1.79. The van der Waals surface area contributed by atoms with Crippen LogP contribution >= 0.6 is 0 Å². The molecule has 1 N–H and O–H groups in total. The minimum absolute atomic E-state index is 0.253. The topological polar surface area (TPSA) is 69.4 Å². The first-order valence-corrected chi connectivity index (χ1v) is 21.0. The highest BCUT2D eigenvalue weighted by atomic mass is 28.5. The maximum Gasteiger partial charge on any atom is 0.314 e. The van der Waals surface area contributed by atoms with Crippen molar-refractivity contribution in [2.75, 3.05) is 0 Å². The van der Waals surface area contributed by atoms with Gasteiger partial charge < -0.3 is 13.3 Å². The van der Waals surface area contributed by atoms with Crippen LogP contribution in [0.5, 0.6) is 5.75 Å². The van der Waals surface area contributed by atoms with Gasteiger partial charge in [-0.3, -0.25) is 0 Å². The molecular weight excluding hydrogens is 463 g/mol. The van der Waals surface area contributed by atoms with Crippen LogP contribution in [0.1, 0.15) is 18.1 Å². The number of nitrogens with zero attached hydrogens (tertiary/aromatic N) is 3. The number of phenolic OH excluding ortho intramolecular Hbond substituents is 1. The lowest BCUT2D eigenvalue weighted by Crippen LogP contribution is -2.53. The van der Waals surface area contributed by atoms with Gasteiger partial charge in [-0.2, -0.15) is 0 Å². The fraction of sp³-hybridized carbons (Fsp3) is 0.500. The van der Waals surface area contributed by atoms with Gasteiger partial charge in [0, 0.05) is 0 Å². The van der Waals surface area contributed by atoms with Gasteiger partial charge in [0.25, 0.3) is 0 Å². The molecule has 0 aliphatic carbocycles. The maximum atomic E-state index is 11.2. The Balaban J connectivity index is 1.87. The molecule has 1 atom stereocenters. The third-order valence-electron chi connectivity index (χ3n) is 5.25. The molecule has 0 aliphatic heterocycles. The van der Waals surface area contributed by atoms with E-state index in [4.69, 9.17) is 8.23 Å². The monoisotopic (exact) mass is 501 g/mol. The normalized spacial score (nSPS) is 14.1. The van der Waals surface area contributed by atoms with Crippen molar-refractivity contribution < 1.29 is 13.3 Å². The Morgan fingerprint density at radius 2 is 1.39 bits per heavy atom. The summed E-state index contributed by atoms with van der Waals surface area (Å²) in [5, 5.41) is 20.4. The summed E-state index contributed by atoms with van der Waals surface area (Å²) >= 11 is 0. The lowest BCUT2D eigenvalue weighted by molar-refractivity contribution is 0.368. The second-order valence-electron chi connectivity index (χ2n) is 11.3. The van der Waals surface area contributed by atoms with E-state index in [9.17, 15) is 5.11 Å². The van der Waals surface area contributed by atoms with Crippen LogP contribution in [0.25, 0.3) is 16.7 Å². The van der Waals surface area contributed by atoms with Gasteiger partial charge in [0.2, 0.25) is 0 Å². The molecule has 1 unspecified atom stereocenters. The largest absolute Gasteiger partial charge is 0.505 e. The fourth-order valence-corrected chi connectivity index (χ4v) is 17.6. The Kier molecular flexibility index (Phi) is 7.40. The summed E-state index contributed by atoms with van der Waals surface area (Å²) < 4.78 is 13.4. The summed E-state index contributed by atoms with van der Waals surface area (Å²) in [7, 11) is -5.85. The molecule has 0 aliphatic rings. The average molecular weight is 502 g/mol. The van der Waals surface area contributed by atoms with E-state index in [2.05, 4.69) is 63.0 Å². The zero-order chi connectivity index (χ0) is 24.6. The van der Waals surface area contributed by atoms with Crippen molar-refractivity contribution in [2.24, 2.45) is 5.92 Å². The molecule has 0 saturated carbocycles. The Morgan fingerprint density at radius 3 is 1.88 bits per heavy atom. The van der Waals surface area contributed by atoms with Crippen LogP contribution in [0.3, 0.4) is 0 Å². The molecule has 1 aromatic heterocycles. The van der Waals surface area contributed by atoms with Crippen LogP contribution in [-0.2, 0) is 14.7 Å². The first-order chi connectivity index (χ1) is 15.2. The quantitative estimate of drug-likeness (QED) is 0.344. The number of aromatic nitrogens is 3. The second-order valence-corrected chi connectivity index (χ2v) is 24.1. The molecule has 180 valence electrons. The molecule has 9 heteroatoms. The van der Waals surface area contributed by atoms with Crippen molar-refractivity contribution in [3.63, 3.8) is 0 Å². The molecule has 0 spiro atoms. The number of hydrogen-bond acceptors (Lipinski definition) is 5. The van der Waals surface area contributed by atoms with E-state index in [1.807, 2.05) is 43.3 Å². The van der Waals surface area contributed by atoms with Crippen molar-refractivity contribution >= 4 is 36.2 Å². The predicted octanol–water partition coefficient (Wildman–Crippen LogP) is 6.39. The number of phenols is 1. The van der Waals surface area contributed by atoms with Crippen LogP contribution in [0.15, 0.2) is 36.4 Å². The van der Waals surface area contributed by atoms with Gasteiger partial charge in [0.1, 0.15) is 22.5 Å². The van der Waals surface area contributed by atoms with Crippen molar-refractivity contribution in [3.05, 3.63) is 47.5 Å². The van der Waals surface area contributed by atoms with E-state index < -0.39 is 25.2 Å². The van der Waals surface area contributed by atoms with E-state index in [-0.39, 0.29) is 5.75 Å². The lowest BCUT2D eigenvalue weighted by atomic mass is 9.99. The molecule has 2 aromatic carbocycles. The Bertz CT molecular complexity index is 1070. The number of benzene rings is 2. The molecule has 6 nitrogen and oxygen atoms in total. The first-order valence-electron chi connectivity index (χ1n) is 11.7. The zero-order valence-corrected chi connectivity index (χ0v) is 24.6. The minimum Gasteiger partial charge on any atom is -0.505 e. The van der Waals surface area contributed by atoms with Gasteiger partial charge in [0.05, 0.1) is 0 Å². The summed E-state index contributed by atoms with van der Waals surface area (Å²) in [5.74, 6) is 0.559. The first kappa shape index (κ1) is 25.8. The van der Waals surface area contributed by atoms with Crippen LogP contribution in [0, 0.1) is 12.8 Å². The molecule has 33 heavy (non-hydrogen) atoms. The number of rotatable bonds is 9. The molecule has 0 saturated heterocycles. The van der Waals surface area contributed by atoms with Crippen LogP contribution in [-0.4, -0.2) is 45.3 Å². The highest BCUT2D eigenvalue weighted by Crippen LogP contribution is 2.34. The smallest absolute Gasteiger partial charge is 0.314 e. The molecule has 0 bridgehead atoms. The summed E-state index contributed by atoms with van der Waals surface area (Å²) in [4.78, 5) is 1.56. The summed E-state index contributed by atoms with van der Waals surface area (Å²) in [6.45, 7) is 19.8. The number of aryl methyl sites for hydroxylation is 1. The summed E-state index contributed by atoms with van der Waals surface area (Å²) in [5.41, 5.74) is 4.11. The van der Waals surface area contributed by atoms with Crippen molar-refractivity contribution in [1.29, 1.82) is 0 Å². The van der Waals surface area contributed by atoms with Gasteiger partial charge >= 0.3 is 8.56 Å². The SMILES string of the molecule is Cc1ccc(CC(C)C[Si](C)(O[Si](C)(C)C)O[Si](C)(C)C)c(O)c1-n1nc2ccccc2n1. The van der Waals surface area contributed by atoms with Crippen LogP contribution < -0.4 is 0 Å². The third-order valence-corrected chi connectivity index (χ3v) is 15.0. The van der Waals surface area contributed by atoms with E-state index in [0.29, 0.717) is 11.6 Å². The molecule has 0 fully saturated rings. The van der Waals surface area contributed by atoms with Crippen molar-refractivity contribution in [2.45, 2.75) is 72.1 Å². The van der Waals surface area contributed by atoms with Gasteiger partial charge in [-0.1, -0.05) is 31.2 Å². The Labute approximate surface area is 201 Å². The van der Waals surface area contributed by atoms with Gasteiger partial charge in [-0.05, 0) is 94.4 Å². The van der Waals surface area contributed by atoms with Gasteiger partial charge in [-0.15, -0.1) is 15.0 Å². The lowest BCUT2D eigenvalue weighted by Gasteiger charge is -2.39. The fourth-order valence-electron chi connectivity index (χ4n) is 4.58. The number of aromatic hydroxyl groups is 1. The molecule has 3 rings (SSSR count). The second kappa shape index (κ2) is 9.46.